The molecule has 0 amide bonds. The number of halogens is 2. The van der Waals surface area contributed by atoms with Crippen LogP contribution in [0.2, 0.25) is 10.2 Å². The molecule has 0 aliphatic carbocycles. The quantitative estimate of drug-likeness (QED) is 0.732. The predicted molar refractivity (Wildman–Crippen MR) is 70.5 cm³/mol. The highest BCUT2D eigenvalue weighted by atomic mass is 35.5. The number of nitrogens with one attached hydrogen (secondary N) is 1. The Labute approximate surface area is 112 Å². The second-order valence-corrected chi connectivity index (χ2v) is 4.39. The van der Waals surface area contributed by atoms with E-state index in [0.29, 0.717) is 21.8 Å². The van der Waals surface area contributed by atoms with Crippen LogP contribution in [-0.4, -0.2) is 19.6 Å². The zero-order chi connectivity index (χ0) is 12.5. The molecular weight excluding hydrogens is 273 g/mol. The lowest BCUT2D eigenvalue weighted by Gasteiger charge is -2.07. The molecule has 2 aromatic heterocycles. The first-order chi connectivity index (χ1) is 8.72. The van der Waals surface area contributed by atoms with Crippen LogP contribution < -0.4 is 5.32 Å². The lowest BCUT2D eigenvalue weighted by molar-refractivity contribution is 0.947. The standard InChI is InChI=1S/C11H7Cl2N5/c12-7-1-3-8(4-2-7)16-10-5-9(13)17-11-14-6-15-18(10)11/h1-6,16H. The van der Waals surface area contributed by atoms with Gasteiger partial charge in [0.25, 0.3) is 5.78 Å². The fourth-order valence-electron chi connectivity index (χ4n) is 1.55. The van der Waals surface area contributed by atoms with Gasteiger partial charge >= 0.3 is 0 Å². The van der Waals surface area contributed by atoms with Gasteiger partial charge in [-0.3, -0.25) is 0 Å². The number of aromatic nitrogens is 4. The summed E-state index contributed by atoms with van der Waals surface area (Å²) in [7, 11) is 0. The molecule has 1 aromatic carbocycles. The minimum absolute atomic E-state index is 0.354. The molecule has 0 aliphatic rings. The van der Waals surface area contributed by atoms with E-state index in [1.807, 2.05) is 12.1 Å². The van der Waals surface area contributed by atoms with Crippen molar-refractivity contribution in [1.82, 2.24) is 19.6 Å². The van der Waals surface area contributed by atoms with Crippen LogP contribution in [0.1, 0.15) is 0 Å². The average Bonchev–Trinajstić information content (AvgIpc) is 2.80. The molecule has 0 saturated carbocycles. The van der Waals surface area contributed by atoms with Gasteiger partial charge in [-0.25, -0.2) is 0 Å². The molecule has 0 unspecified atom stereocenters. The van der Waals surface area contributed by atoms with Crippen molar-refractivity contribution >= 4 is 40.5 Å². The van der Waals surface area contributed by atoms with Crippen molar-refractivity contribution in [2.45, 2.75) is 0 Å². The fraction of sp³-hybridized carbons (Fsp3) is 0. The second-order valence-electron chi connectivity index (χ2n) is 3.57. The Morgan fingerprint density at radius 2 is 1.89 bits per heavy atom. The SMILES string of the molecule is Clc1ccc(Nc2cc(Cl)nc3ncnn23)cc1. The first-order valence-corrected chi connectivity index (χ1v) is 5.87. The largest absolute Gasteiger partial charge is 0.340 e. The molecule has 0 radical (unpaired) electrons. The van der Waals surface area contributed by atoms with Gasteiger partial charge in [0.15, 0.2) is 0 Å². The highest BCUT2D eigenvalue weighted by Crippen LogP contribution is 2.21. The highest BCUT2D eigenvalue weighted by Gasteiger charge is 2.06. The molecule has 90 valence electrons. The van der Waals surface area contributed by atoms with Crippen molar-refractivity contribution < 1.29 is 0 Å². The summed E-state index contributed by atoms with van der Waals surface area (Å²) in [6.45, 7) is 0. The summed E-state index contributed by atoms with van der Waals surface area (Å²) in [6, 6.07) is 8.99. The van der Waals surface area contributed by atoms with Crippen LogP contribution >= 0.6 is 23.2 Å². The molecule has 0 spiro atoms. The Hall–Kier alpha value is -1.85. The Balaban J connectivity index is 2.03. The molecule has 0 bridgehead atoms. The third-order valence-electron chi connectivity index (χ3n) is 2.34. The number of nitrogens with zero attached hydrogens (tertiary/aromatic N) is 4. The summed E-state index contributed by atoms with van der Waals surface area (Å²) < 4.78 is 1.57. The van der Waals surface area contributed by atoms with Gasteiger partial charge in [0, 0.05) is 16.8 Å². The van der Waals surface area contributed by atoms with Gasteiger partial charge in [-0.05, 0) is 24.3 Å². The minimum atomic E-state index is 0.354. The van der Waals surface area contributed by atoms with E-state index in [4.69, 9.17) is 23.2 Å². The lowest BCUT2D eigenvalue weighted by atomic mass is 10.3. The van der Waals surface area contributed by atoms with Crippen molar-refractivity contribution in [3.63, 3.8) is 0 Å². The summed E-state index contributed by atoms with van der Waals surface area (Å²) in [4.78, 5) is 8.04. The molecule has 1 N–H and O–H groups in total. The number of hydrogen-bond acceptors (Lipinski definition) is 4. The molecule has 3 aromatic rings. The zero-order valence-corrected chi connectivity index (χ0v) is 10.5. The number of hydrogen-bond donors (Lipinski definition) is 1. The summed E-state index contributed by atoms with van der Waals surface area (Å²) in [5.74, 6) is 1.13. The van der Waals surface area contributed by atoms with E-state index in [1.165, 1.54) is 6.33 Å². The first-order valence-electron chi connectivity index (χ1n) is 5.11. The Bertz CT molecular complexity index is 692. The average molecular weight is 280 g/mol. The van der Waals surface area contributed by atoms with Crippen molar-refractivity contribution in [3.8, 4) is 0 Å². The van der Waals surface area contributed by atoms with Crippen LogP contribution in [0.5, 0.6) is 0 Å². The minimum Gasteiger partial charge on any atom is -0.340 e. The van der Waals surface area contributed by atoms with Crippen LogP contribution in [0.15, 0.2) is 36.7 Å². The van der Waals surface area contributed by atoms with E-state index < -0.39 is 0 Å². The maximum atomic E-state index is 5.92. The monoisotopic (exact) mass is 279 g/mol. The third kappa shape index (κ3) is 2.10. The molecule has 18 heavy (non-hydrogen) atoms. The predicted octanol–water partition coefficient (Wildman–Crippen LogP) is 3.17. The fourth-order valence-corrected chi connectivity index (χ4v) is 1.86. The van der Waals surface area contributed by atoms with Crippen LogP contribution in [0.3, 0.4) is 0 Å². The second kappa shape index (κ2) is 4.44. The van der Waals surface area contributed by atoms with E-state index in [-0.39, 0.29) is 0 Å². The number of anilines is 2. The van der Waals surface area contributed by atoms with Gasteiger partial charge in [0.05, 0.1) is 0 Å². The van der Waals surface area contributed by atoms with Gasteiger partial charge in [0.2, 0.25) is 0 Å². The Morgan fingerprint density at radius 1 is 1.11 bits per heavy atom. The summed E-state index contributed by atoms with van der Waals surface area (Å²) >= 11 is 11.7. The Morgan fingerprint density at radius 3 is 2.67 bits per heavy atom. The topological polar surface area (TPSA) is 55.1 Å². The molecule has 5 nitrogen and oxygen atoms in total. The van der Waals surface area contributed by atoms with Gasteiger partial charge in [0.1, 0.15) is 17.3 Å². The summed E-state index contributed by atoms with van der Waals surface area (Å²) in [6.07, 6.45) is 1.42. The Kier molecular flexibility index (Phi) is 2.77. The van der Waals surface area contributed by atoms with E-state index in [0.717, 1.165) is 5.69 Å². The lowest BCUT2D eigenvalue weighted by Crippen LogP contribution is -2.01. The molecule has 2 heterocycles. The number of rotatable bonds is 2. The van der Waals surface area contributed by atoms with Gasteiger partial charge in [-0.15, -0.1) is 0 Å². The normalized spacial score (nSPS) is 10.8. The van der Waals surface area contributed by atoms with Crippen LogP contribution in [0.4, 0.5) is 11.5 Å². The van der Waals surface area contributed by atoms with Crippen molar-refractivity contribution in [3.05, 3.63) is 46.8 Å². The molecule has 0 aliphatic heterocycles. The highest BCUT2D eigenvalue weighted by molar-refractivity contribution is 6.30. The third-order valence-corrected chi connectivity index (χ3v) is 2.78. The number of benzene rings is 1. The van der Waals surface area contributed by atoms with E-state index in [1.54, 1.807) is 22.7 Å². The maximum Gasteiger partial charge on any atom is 0.255 e. The van der Waals surface area contributed by atoms with Crippen LogP contribution in [0, 0.1) is 0 Å². The van der Waals surface area contributed by atoms with Crippen molar-refractivity contribution in [2.75, 3.05) is 5.32 Å². The summed E-state index contributed by atoms with van der Waals surface area (Å²) in [5.41, 5.74) is 0.874. The molecule has 0 saturated heterocycles. The van der Waals surface area contributed by atoms with Gasteiger partial charge < -0.3 is 5.32 Å². The molecule has 0 atom stereocenters. The smallest absolute Gasteiger partial charge is 0.255 e. The van der Waals surface area contributed by atoms with Gasteiger partial charge in [-0.1, -0.05) is 23.2 Å². The van der Waals surface area contributed by atoms with Crippen molar-refractivity contribution in [1.29, 1.82) is 0 Å². The van der Waals surface area contributed by atoms with E-state index in [9.17, 15) is 0 Å². The van der Waals surface area contributed by atoms with Gasteiger partial charge in [-0.2, -0.15) is 19.6 Å². The first kappa shape index (κ1) is 11.3. The maximum absolute atomic E-state index is 5.92. The van der Waals surface area contributed by atoms with Crippen LogP contribution in [-0.2, 0) is 0 Å². The molecule has 0 fully saturated rings. The van der Waals surface area contributed by atoms with E-state index >= 15 is 0 Å². The molecule has 7 heteroatoms. The molecular formula is C11H7Cl2N5. The van der Waals surface area contributed by atoms with Crippen molar-refractivity contribution in [2.24, 2.45) is 0 Å². The summed E-state index contributed by atoms with van der Waals surface area (Å²) in [5, 5.41) is 8.28. The molecule has 3 rings (SSSR count). The van der Waals surface area contributed by atoms with E-state index in [2.05, 4.69) is 20.4 Å². The zero-order valence-electron chi connectivity index (χ0n) is 9.01. The number of fused-ring (bicyclic) bond motifs is 1. The van der Waals surface area contributed by atoms with Crippen LogP contribution in [0.25, 0.3) is 5.78 Å².